The van der Waals surface area contributed by atoms with Gasteiger partial charge in [0.15, 0.2) is 0 Å². The number of rotatable bonds is 1. The summed E-state index contributed by atoms with van der Waals surface area (Å²) in [5, 5.41) is 0. The maximum atomic E-state index is 4.62. The van der Waals surface area contributed by atoms with Crippen LogP contribution in [-0.4, -0.2) is 29.9 Å². The average Bonchev–Trinajstić information content (AvgIpc) is 3.72. The van der Waals surface area contributed by atoms with Crippen LogP contribution in [0.2, 0.25) is 0 Å². The Hall–Kier alpha value is -5.10. The highest BCUT2D eigenvalue weighted by Gasteiger charge is 2.02. The standard InChI is InChI=1S/C20H14N4.C10H8N2/c1-2-14-10-16-5-6-18(23-16)12-20-8-7-19(24-20)11-17-4-3-15(22-17)9-13(1)21-14;1-3-7-11-9(5-1)10-6-2-4-8-12-10/h1-12,21-22H;1-8H. The van der Waals surface area contributed by atoms with Crippen LogP contribution in [0.5, 0.6) is 0 Å². The molecule has 2 aliphatic heterocycles. The second kappa shape index (κ2) is 9.64. The fourth-order valence-electron chi connectivity index (χ4n) is 3.97. The number of nitrogens with zero attached hydrogens (tertiary/aromatic N) is 4. The van der Waals surface area contributed by atoms with Gasteiger partial charge in [-0.3, -0.25) is 9.97 Å². The molecule has 0 saturated carbocycles. The number of fused-ring (bicyclic) bond motifs is 8. The molecule has 8 bridgehead atoms. The van der Waals surface area contributed by atoms with Crippen molar-refractivity contribution in [3.05, 3.63) is 120 Å². The summed E-state index contributed by atoms with van der Waals surface area (Å²) in [5.41, 5.74) is 9.69. The molecule has 6 nitrogen and oxygen atoms in total. The number of pyridine rings is 2. The van der Waals surface area contributed by atoms with Crippen molar-refractivity contribution in [3.8, 4) is 11.4 Å². The van der Waals surface area contributed by atoms with Gasteiger partial charge in [0.2, 0.25) is 0 Å². The third-order valence-corrected chi connectivity index (χ3v) is 5.63. The molecule has 0 unspecified atom stereocenters. The second-order valence-corrected chi connectivity index (χ2v) is 8.34. The lowest BCUT2D eigenvalue weighted by Crippen LogP contribution is -1.83. The van der Waals surface area contributed by atoms with Crippen molar-refractivity contribution < 1.29 is 0 Å². The zero-order valence-corrected chi connectivity index (χ0v) is 19.3. The van der Waals surface area contributed by atoms with Gasteiger partial charge in [0.25, 0.3) is 0 Å². The van der Waals surface area contributed by atoms with Gasteiger partial charge >= 0.3 is 0 Å². The lowest BCUT2D eigenvalue weighted by Gasteiger charge is -1.96. The SMILES string of the molecule is C1=Cc2cc3ccc(cc4ccc(cc5nc(cc1n2)C=C5)[nH]4)[nH]3.c1ccc(-c2ccccn2)nc1. The van der Waals surface area contributed by atoms with Crippen LogP contribution < -0.4 is 0 Å². The van der Waals surface area contributed by atoms with Crippen molar-refractivity contribution in [2.45, 2.75) is 0 Å². The van der Waals surface area contributed by atoms with E-state index < -0.39 is 0 Å². The summed E-state index contributed by atoms with van der Waals surface area (Å²) in [6, 6.07) is 28.0. The van der Waals surface area contributed by atoms with Crippen molar-refractivity contribution in [1.29, 1.82) is 0 Å². The Bertz CT molecular complexity index is 1600. The minimum absolute atomic E-state index is 0.915. The summed E-state index contributed by atoms with van der Waals surface area (Å²) in [7, 11) is 0. The Labute approximate surface area is 207 Å². The van der Waals surface area contributed by atoms with E-state index in [0.29, 0.717) is 0 Å². The van der Waals surface area contributed by atoms with E-state index in [-0.39, 0.29) is 0 Å². The van der Waals surface area contributed by atoms with E-state index in [1.165, 1.54) is 0 Å². The van der Waals surface area contributed by atoms with Gasteiger partial charge in [-0.1, -0.05) is 12.1 Å². The number of H-pyrrole nitrogens is 2. The Morgan fingerprint density at radius 1 is 0.417 bits per heavy atom. The van der Waals surface area contributed by atoms with E-state index in [4.69, 9.17) is 0 Å². The topological polar surface area (TPSA) is 83.1 Å². The molecule has 7 heterocycles. The normalized spacial score (nSPS) is 11.7. The van der Waals surface area contributed by atoms with Crippen LogP contribution in [-0.2, 0) is 0 Å². The Balaban J connectivity index is 0.000000168. The molecule has 0 atom stereocenters. The largest absolute Gasteiger partial charge is 0.355 e. The molecule has 0 aromatic carbocycles. The lowest BCUT2D eigenvalue weighted by molar-refractivity contribution is 1.25. The monoisotopic (exact) mass is 466 g/mol. The predicted octanol–water partition coefficient (Wildman–Crippen LogP) is 6.80. The number of aromatic nitrogens is 6. The van der Waals surface area contributed by atoms with Crippen LogP contribution in [0.25, 0.3) is 57.8 Å². The first kappa shape index (κ1) is 21.4. The second-order valence-electron chi connectivity index (χ2n) is 8.34. The van der Waals surface area contributed by atoms with Crippen LogP contribution in [0, 0.1) is 0 Å². The van der Waals surface area contributed by atoms with E-state index in [2.05, 4.69) is 60.2 Å². The molecule has 5 aromatic heterocycles. The van der Waals surface area contributed by atoms with Crippen LogP contribution in [0.1, 0.15) is 22.8 Å². The molecule has 6 heteroatoms. The molecule has 5 aromatic rings. The molecule has 0 fully saturated rings. The van der Waals surface area contributed by atoms with Gasteiger partial charge in [0, 0.05) is 34.5 Å². The fourth-order valence-corrected chi connectivity index (χ4v) is 3.97. The molecule has 0 aliphatic carbocycles. The van der Waals surface area contributed by atoms with Crippen molar-refractivity contribution in [1.82, 2.24) is 29.9 Å². The van der Waals surface area contributed by atoms with Crippen molar-refractivity contribution in [2.75, 3.05) is 0 Å². The highest BCUT2D eigenvalue weighted by Crippen LogP contribution is 2.17. The molecule has 0 spiro atoms. The first-order chi connectivity index (χ1) is 17.8. The fraction of sp³-hybridized carbons (Fsp3) is 0. The number of aromatic amines is 2. The lowest BCUT2D eigenvalue weighted by atomic mass is 10.2. The Kier molecular flexibility index (Phi) is 5.74. The summed E-state index contributed by atoms with van der Waals surface area (Å²) in [5.74, 6) is 0. The number of hydrogen-bond acceptors (Lipinski definition) is 4. The van der Waals surface area contributed by atoms with E-state index in [1.54, 1.807) is 12.4 Å². The molecule has 172 valence electrons. The molecule has 7 rings (SSSR count). The molecule has 0 saturated heterocycles. The van der Waals surface area contributed by atoms with Crippen molar-refractivity contribution in [2.24, 2.45) is 0 Å². The van der Waals surface area contributed by atoms with E-state index in [0.717, 1.165) is 56.2 Å². The molecule has 2 N–H and O–H groups in total. The van der Waals surface area contributed by atoms with Crippen LogP contribution in [0.15, 0.2) is 97.3 Å². The van der Waals surface area contributed by atoms with Gasteiger partial charge < -0.3 is 9.97 Å². The highest BCUT2D eigenvalue weighted by molar-refractivity contribution is 5.77. The highest BCUT2D eigenvalue weighted by atomic mass is 14.8. The minimum Gasteiger partial charge on any atom is -0.355 e. The van der Waals surface area contributed by atoms with Gasteiger partial charge in [-0.05, 0) is 97.1 Å². The van der Waals surface area contributed by atoms with Gasteiger partial charge in [-0.25, -0.2) is 9.97 Å². The Morgan fingerprint density at radius 3 is 1.25 bits per heavy atom. The van der Waals surface area contributed by atoms with Gasteiger partial charge in [0.1, 0.15) is 0 Å². The van der Waals surface area contributed by atoms with Crippen LogP contribution in [0.4, 0.5) is 0 Å². The van der Waals surface area contributed by atoms with Gasteiger partial charge in [0.05, 0.1) is 34.2 Å². The number of hydrogen-bond donors (Lipinski definition) is 2. The van der Waals surface area contributed by atoms with E-state index in [9.17, 15) is 0 Å². The molecule has 0 radical (unpaired) electrons. The predicted molar refractivity (Wildman–Crippen MR) is 146 cm³/mol. The molecule has 2 aliphatic rings. The van der Waals surface area contributed by atoms with Gasteiger partial charge in [-0.15, -0.1) is 0 Å². The maximum absolute atomic E-state index is 4.62. The summed E-state index contributed by atoms with van der Waals surface area (Å²) in [4.78, 5) is 24.4. The smallest absolute Gasteiger partial charge is 0.0886 e. The summed E-state index contributed by atoms with van der Waals surface area (Å²) < 4.78 is 0. The van der Waals surface area contributed by atoms with E-state index >= 15 is 0 Å². The molecular weight excluding hydrogens is 444 g/mol. The number of nitrogens with one attached hydrogen (secondary N) is 2. The quantitative estimate of drug-likeness (QED) is 0.279. The zero-order chi connectivity index (χ0) is 24.2. The molecule has 36 heavy (non-hydrogen) atoms. The van der Waals surface area contributed by atoms with Crippen molar-refractivity contribution in [3.63, 3.8) is 0 Å². The maximum Gasteiger partial charge on any atom is 0.0886 e. The minimum atomic E-state index is 0.915. The first-order valence-corrected chi connectivity index (χ1v) is 11.6. The Morgan fingerprint density at radius 2 is 0.833 bits per heavy atom. The molecular formula is C30H22N6. The van der Waals surface area contributed by atoms with Crippen LogP contribution in [0.3, 0.4) is 0 Å². The third kappa shape index (κ3) is 5.03. The third-order valence-electron chi connectivity index (χ3n) is 5.63. The summed E-state index contributed by atoms with van der Waals surface area (Å²) in [6.45, 7) is 0. The zero-order valence-electron chi connectivity index (χ0n) is 19.3. The van der Waals surface area contributed by atoms with Crippen LogP contribution >= 0.6 is 0 Å². The summed E-state index contributed by atoms with van der Waals surface area (Å²) in [6.07, 6.45) is 11.6. The van der Waals surface area contributed by atoms with Crippen molar-refractivity contribution >= 4 is 46.4 Å². The van der Waals surface area contributed by atoms with Gasteiger partial charge in [-0.2, -0.15) is 0 Å². The summed E-state index contributed by atoms with van der Waals surface area (Å²) >= 11 is 0. The first-order valence-electron chi connectivity index (χ1n) is 11.6. The molecule has 0 amide bonds. The van der Waals surface area contributed by atoms with E-state index in [1.807, 2.05) is 78.9 Å². The average molecular weight is 467 g/mol.